The third kappa shape index (κ3) is 53.8. The van der Waals surface area contributed by atoms with Crippen LogP contribution in [0.1, 0.15) is 341 Å². The van der Waals surface area contributed by atoms with Gasteiger partial charge in [0.2, 0.25) is 5.91 Å². The second-order valence-corrected chi connectivity index (χ2v) is 21.0. The minimum Gasteiger partial charge on any atom is -0.466 e. The van der Waals surface area contributed by atoms with Crippen molar-refractivity contribution >= 4 is 11.9 Å². The molecule has 0 heterocycles. The first-order valence-corrected chi connectivity index (χ1v) is 30.4. The molecule has 6 nitrogen and oxygen atoms in total. The van der Waals surface area contributed by atoms with Crippen molar-refractivity contribution in [3.8, 4) is 0 Å². The van der Waals surface area contributed by atoms with Gasteiger partial charge in [0.1, 0.15) is 0 Å². The predicted octanol–water partition coefficient (Wildman–Crippen LogP) is 18.9. The molecule has 0 radical (unpaired) electrons. The molecule has 3 N–H and O–H groups in total. The van der Waals surface area contributed by atoms with Gasteiger partial charge in [-0.2, -0.15) is 0 Å². The van der Waals surface area contributed by atoms with E-state index < -0.39 is 12.1 Å². The molecule has 0 rings (SSSR count). The summed E-state index contributed by atoms with van der Waals surface area (Å²) in [5.74, 6) is -0.0230. The first-order chi connectivity index (χ1) is 33.0. The highest BCUT2D eigenvalue weighted by molar-refractivity contribution is 5.76. The Bertz CT molecular complexity index is 1000. The highest BCUT2D eigenvalue weighted by Crippen LogP contribution is 2.18. The molecule has 0 aliphatic rings. The largest absolute Gasteiger partial charge is 0.466 e. The van der Waals surface area contributed by atoms with Crippen LogP contribution in [0.5, 0.6) is 0 Å². The lowest BCUT2D eigenvalue weighted by Crippen LogP contribution is -2.45. The maximum Gasteiger partial charge on any atom is 0.305 e. The average molecular weight is 947 g/mol. The minimum atomic E-state index is -0.661. The molecule has 0 aromatic heterocycles. The van der Waals surface area contributed by atoms with Crippen molar-refractivity contribution in [2.24, 2.45) is 0 Å². The van der Waals surface area contributed by atoms with Gasteiger partial charge in [-0.25, -0.2) is 0 Å². The van der Waals surface area contributed by atoms with Gasteiger partial charge < -0.3 is 20.3 Å². The molecule has 0 aromatic carbocycles. The summed E-state index contributed by atoms with van der Waals surface area (Å²) in [6.07, 6.45) is 68.0. The number of hydrogen-bond acceptors (Lipinski definition) is 5. The summed E-state index contributed by atoms with van der Waals surface area (Å²) in [6.45, 7) is 4.95. The molecule has 0 aliphatic heterocycles. The van der Waals surface area contributed by atoms with Crippen LogP contribution in [0.4, 0.5) is 0 Å². The molecule has 0 bridgehead atoms. The summed E-state index contributed by atoms with van der Waals surface area (Å²) in [5.41, 5.74) is 0. The van der Waals surface area contributed by atoms with Crippen molar-refractivity contribution in [3.63, 3.8) is 0 Å². The number of unbranched alkanes of at least 4 members (excludes halogenated alkanes) is 44. The second-order valence-electron chi connectivity index (χ2n) is 21.0. The van der Waals surface area contributed by atoms with Crippen LogP contribution in [0.2, 0.25) is 0 Å². The summed E-state index contributed by atoms with van der Waals surface area (Å²) in [4.78, 5) is 24.5. The summed E-state index contributed by atoms with van der Waals surface area (Å²) < 4.78 is 5.50. The summed E-state index contributed by atoms with van der Waals surface area (Å²) >= 11 is 0. The van der Waals surface area contributed by atoms with E-state index in [2.05, 4.69) is 31.3 Å². The van der Waals surface area contributed by atoms with Gasteiger partial charge in [-0.1, -0.05) is 289 Å². The predicted molar refractivity (Wildman–Crippen MR) is 292 cm³/mol. The number of carbonyl (C=O) groups excluding carboxylic acids is 2. The molecule has 2 atom stereocenters. The van der Waals surface area contributed by atoms with E-state index in [4.69, 9.17) is 4.74 Å². The summed E-state index contributed by atoms with van der Waals surface area (Å²) in [7, 11) is 0. The average Bonchev–Trinajstić information content (AvgIpc) is 3.33. The molecule has 0 aliphatic carbocycles. The number of allylic oxidation sites excluding steroid dienone is 2. The Hall–Kier alpha value is -1.40. The second kappa shape index (κ2) is 57.2. The van der Waals surface area contributed by atoms with Crippen molar-refractivity contribution in [1.29, 1.82) is 0 Å². The smallest absolute Gasteiger partial charge is 0.305 e. The van der Waals surface area contributed by atoms with Crippen molar-refractivity contribution in [3.05, 3.63) is 12.2 Å². The zero-order chi connectivity index (χ0) is 48.6. The van der Waals surface area contributed by atoms with Crippen LogP contribution in [0.3, 0.4) is 0 Å². The Balaban J connectivity index is 3.32. The van der Waals surface area contributed by atoms with E-state index in [1.807, 2.05) is 0 Å². The normalized spacial score (nSPS) is 12.6. The number of carbonyl (C=O) groups is 2. The number of nitrogens with one attached hydrogen (secondary N) is 1. The number of rotatable bonds is 57. The summed E-state index contributed by atoms with van der Waals surface area (Å²) in [5, 5.41) is 23.1. The highest BCUT2D eigenvalue weighted by Gasteiger charge is 2.20. The molecule has 0 fully saturated rings. The third-order valence-corrected chi connectivity index (χ3v) is 14.3. The molecule has 398 valence electrons. The number of amides is 1. The van der Waals surface area contributed by atoms with Gasteiger partial charge in [-0.05, 0) is 51.4 Å². The third-order valence-electron chi connectivity index (χ3n) is 14.3. The Morgan fingerprint density at radius 1 is 0.403 bits per heavy atom. The molecule has 1 amide bonds. The molecule has 0 spiro atoms. The first-order valence-electron chi connectivity index (χ1n) is 30.4. The number of aliphatic hydroxyl groups is 2. The van der Waals surface area contributed by atoms with Crippen molar-refractivity contribution < 1.29 is 24.5 Å². The number of esters is 1. The Morgan fingerprint density at radius 2 is 0.701 bits per heavy atom. The Labute approximate surface area is 419 Å². The van der Waals surface area contributed by atoms with Crippen LogP contribution in [0.15, 0.2) is 12.2 Å². The number of ether oxygens (including phenoxy) is 1. The van der Waals surface area contributed by atoms with E-state index in [1.54, 1.807) is 0 Å². The van der Waals surface area contributed by atoms with Gasteiger partial charge >= 0.3 is 5.97 Å². The van der Waals surface area contributed by atoms with Gasteiger partial charge in [0.25, 0.3) is 0 Å². The van der Waals surface area contributed by atoms with Crippen LogP contribution in [-0.4, -0.2) is 47.4 Å². The van der Waals surface area contributed by atoms with Crippen LogP contribution < -0.4 is 5.32 Å². The summed E-state index contributed by atoms with van der Waals surface area (Å²) in [6, 6.07) is -0.539. The van der Waals surface area contributed by atoms with Crippen molar-refractivity contribution in [2.75, 3.05) is 13.2 Å². The zero-order valence-corrected chi connectivity index (χ0v) is 45.4. The van der Waals surface area contributed by atoms with Gasteiger partial charge in [0.05, 0.1) is 25.4 Å². The van der Waals surface area contributed by atoms with E-state index in [1.165, 1.54) is 263 Å². The Morgan fingerprint density at radius 3 is 1.06 bits per heavy atom. The monoisotopic (exact) mass is 946 g/mol. The molecular formula is C61H119NO5. The molecular weight excluding hydrogens is 827 g/mol. The zero-order valence-electron chi connectivity index (χ0n) is 45.4. The van der Waals surface area contributed by atoms with E-state index in [9.17, 15) is 19.8 Å². The fourth-order valence-corrected chi connectivity index (χ4v) is 9.64. The number of hydrogen-bond donors (Lipinski definition) is 3. The maximum absolute atomic E-state index is 12.4. The lowest BCUT2D eigenvalue weighted by atomic mass is 10.0. The molecule has 67 heavy (non-hydrogen) atoms. The fraction of sp³-hybridized carbons (Fsp3) is 0.934. The Kier molecular flexibility index (Phi) is 56.0. The van der Waals surface area contributed by atoms with E-state index in [-0.39, 0.29) is 18.5 Å². The van der Waals surface area contributed by atoms with Gasteiger partial charge in [-0.15, -0.1) is 0 Å². The molecule has 2 unspecified atom stereocenters. The van der Waals surface area contributed by atoms with E-state index in [0.717, 1.165) is 44.9 Å². The van der Waals surface area contributed by atoms with Crippen LogP contribution in [0, 0.1) is 0 Å². The maximum atomic E-state index is 12.4. The van der Waals surface area contributed by atoms with Gasteiger partial charge in [0, 0.05) is 12.8 Å². The van der Waals surface area contributed by atoms with E-state index >= 15 is 0 Å². The first kappa shape index (κ1) is 65.6. The van der Waals surface area contributed by atoms with Crippen LogP contribution >= 0.6 is 0 Å². The SMILES string of the molecule is CCCCCCCC/C=C\CCCCCCCCCCCC(=O)OCCCCCCCCCCCCCCCCCCCCCCCCC(=O)NC(CO)C(O)CCCCCCCCCCC. The topological polar surface area (TPSA) is 95.9 Å². The standard InChI is InChI=1S/C61H119NO5/c1-3-5-7-9-11-13-14-15-16-17-22-26-29-32-35-39-43-47-51-55-61(66)67-56-52-48-44-40-36-33-30-27-24-21-19-18-20-23-25-28-31-34-38-42-46-50-54-60(65)62-58(57-63)59(64)53-49-45-41-37-12-10-8-6-4-2/h15-16,58-59,63-64H,3-14,17-57H2,1-2H3,(H,62,65)/b16-15-. The molecule has 6 heteroatoms. The van der Waals surface area contributed by atoms with Crippen molar-refractivity contribution in [2.45, 2.75) is 353 Å². The molecule has 0 saturated carbocycles. The lowest BCUT2D eigenvalue weighted by Gasteiger charge is -2.22. The minimum absolute atomic E-state index is 0.0133. The van der Waals surface area contributed by atoms with Crippen LogP contribution in [-0.2, 0) is 14.3 Å². The van der Waals surface area contributed by atoms with Crippen LogP contribution in [0.25, 0.3) is 0 Å². The lowest BCUT2D eigenvalue weighted by molar-refractivity contribution is -0.143. The number of aliphatic hydroxyl groups excluding tert-OH is 2. The van der Waals surface area contributed by atoms with Gasteiger partial charge in [0.15, 0.2) is 0 Å². The fourth-order valence-electron chi connectivity index (χ4n) is 9.64. The highest BCUT2D eigenvalue weighted by atomic mass is 16.5. The van der Waals surface area contributed by atoms with Gasteiger partial charge in [-0.3, -0.25) is 9.59 Å². The molecule has 0 aromatic rings. The molecule has 0 saturated heterocycles. The van der Waals surface area contributed by atoms with E-state index in [0.29, 0.717) is 25.9 Å². The quantitative estimate of drug-likeness (QED) is 0.0321. The van der Waals surface area contributed by atoms with Crippen molar-refractivity contribution in [1.82, 2.24) is 5.32 Å².